The molecule has 0 amide bonds. The number of likely N-dealkylation sites (N-methyl/N-ethyl adjacent to an activating group) is 1. The average Bonchev–Trinajstić information content (AvgIpc) is 2.46. The van der Waals surface area contributed by atoms with Crippen LogP contribution in [0.1, 0.15) is 18.2 Å². The Morgan fingerprint density at radius 3 is 3.17 bits per heavy atom. The molecule has 1 aliphatic rings. The summed E-state index contributed by atoms with van der Waals surface area (Å²) < 4.78 is 2.03. The summed E-state index contributed by atoms with van der Waals surface area (Å²) in [5.41, 5.74) is 2.71. The molecule has 0 fully saturated rings. The first kappa shape index (κ1) is 7.80. The zero-order valence-electron chi connectivity index (χ0n) is 7.75. The van der Waals surface area contributed by atoms with Crippen LogP contribution in [-0.2, 0) is 19.5 Å². The second-order valence-electron chi connectivity index (χ2n) is 3.44. The van der Waals surface area contributed by atoms with Gasteiger partial charge in [0, 0.05) is 25.8 Å². The molecule has 66 valence electrons. The number of hydrogen-bond acceptors (Lipinski definition) is 2. The molecule has 1 aliphatic heterocycles. The molecular weight excluding hydrogens is 150 g/mol. The van der Waals surface area contributed by atoms with Crippen LogP contribution in [0.4, 0.5) is 0 Å². The molecule has 2 rings (SSSR count). The Morgan fingerprint density at radius 1 is 1.58 bits per heavy atom. The van der Waals surface area contributed by atoms with Gasteiger partial charge in [0.25, 0.3) is 0 Å². The lowest BCUT2D eigenvalue weighted by Crippen LogP contribution is -2.26. The summed E-state index contributed by atoms with van der Waals surface area (Å²) in [5, 5.41) is 4.49. The molecule has 3 heteroatoms. The van der Waals surface area contributed by atoms with E-state index < -0.39 is 0 Å². The quantitative estimate of drug-likeness (QED) is 0.616. The van der Waals surface area contributed by atoms with Gasteiger partial charge in [0.15, 0.2) is 0 Å². The van der Waals surface area contributed by atoms with Gasteiger partial charge >= 0.3 is 0 Å². The molecule has 0 unspecified atom stereocenters. The summed E-state index contributed by atoms with van der Waals surface area (Å²) in [6, 6.07) is 0. The lowest BCUT2D eigenvalue weighted by Gasteiger charge is -2.20. The predicted molar refractivity (Wildman–Crippen MR) is 47.9 cm³/mol. The van der Waals surface area contributed by atoms with Gasteiger partial charge in [-0.25, -0.2) is 0 Å². The fourth-order valence-electron chi connectivity index (χ4n) is 1.65. The lowest BCUT2D eigenvalue weighted by molar-refractivity contribution is 0.308. The number of fused-ring (bicyclic) bond motifs is 1. The van der Waals surface area contributed by atoms with E-state index in [1.54, 1.807) is 0 Å². The highest BCUT2D eigenvalue weighted by atomic mass is 15.3. The van der Waals surface area contributed by atoms with Gasteiger partial charge in [-0.3, -0.25) is 4.68 Å². The minimum atomic E-state index is 0.983. The van der Waals surface area contributed by atoms with Gasteiger partial charge in [0.1, 0.15) is 0 Å². The van der Waals surface area contributed by atoms with E-state index in [1.165, 1.54) is 17.8 Å². The topological polar surface area (TPSA) is 21.1 Å². The average molecular weight is 165 g/mol. The van der Waals surface area contributed by atoms with E-state index in [9.17, 15) is 0 Å². The van der Waals surface area contributed by atoms with Gasteiger partial charge in [-0.05, 0) is 26.0 Å². The molecular formula is C9H15N3. The van der Waals surface area contributed by atoms with Crippen LogP contribution < -0.4 is 0 Å². The zero-order valence-corrected chi connectivity index (χ0v) is 7.75. The Labute approximate surface area is 73.0 Å². The van der Waals surface area contributed by atoms with E-state index in [1.807, 2.05) is 4.68 Å². The Morgan fingerprint density at radius 2 is 2.42 bits per heavy atom. The largest absolute Gasteiger partial charge is 0.300 e. The van der Waals surface area contributed by atoms with Gasteiger partial charge in [0.2, 0.25) is 0 Å². The number of aryl methyl sites for hydroxylation is 1. The lowest BCUT2D eigenvalue weighted by atomic mass is 10.1. The van der Waals surface area contributed by atoms with Crippen molar-refractivity contribution in [3.8, 4) is 0 Å². The molecule has 0 N–H and O–H groups in total. The number of aromatic nitrogens is 2. The van der Waals surface area contributed by atoms with Gasteiger partial charge in [0.05, 0.1) is 5.69 Å². The molecule has 0 spiro atoms. The van der Waals surface area contributed by atoms with Crippen molar-refractivity contribution in [3.05, 3.63) is 17.5 Å². The van der Waals surface area contributed by atoms with Crippen LogP contribution in [-0.4, -0.2) is 28.3 Å². The van der Waals surface area contributed by atoms with Crippen molar-refractivity contribution in [2.75, 3.05) is 13.6 Å². The molecule has 2 heterocycles. The highest BCUT2D eigenvalue weighted by Gasteiger charge is 2.15. The van der Waals surface area contributed by atoms with Crippen LogP contribution in [0.25, 0.3) is 0 Å². The van der Waals surface area contributed by atoms with E-state index in [-0.39, 0.29) is 0 Å². The van der Waals surface area contributed by atoms with Crippen molar-refractivity contribution in [2.45, 2.75) is 26.4 Å². The maximum atomic E-state index is 4.49. The second kappa shape index (κ2) is 2.90. The summed E-state index contributed by atoms with van der Waals surface area (Å²) in [5.74, 6) is 0. The van der Waals surface area contributed by atoms with Crippen molar-refractivity contribution in [2.24, 2.45) is 0 Å². The third-order valence-corrected chi connectivity index (χ3v) is 2.43. The summed E-state index contributed by atoms with van der Waals surface area (Å²) in [6.45, 7) is 5.30. The maximum absolute atomic E-state index is 4.49. The summed E-state index contributed by atoms with van der Waals surface area (Å²) in [6.07, 6.45) is 3.34. The number of rotatable bonds is 1. The summed E-state index contributed by atoms with van der Waals surface area (Å²) in [4.78, 5) is 2.31. The van der Waals surface area contributed by atoms with E-state index >= 15 is 0 Å². The molecule has 0 bridgehead atoms. The Bertz CT molecular complexity index is 277. The summed E-state index contributed by atoms with van der Waals surface area (Å²) in [7, 11) is 2.15. The second-order valence-corrected chi connectivity index (χ2v) is 3.44. The Kier molecular flexibility index (Phi) is 1.89. The minimum Gasteiger partial charge on any atom is -0.300 e. The van der Waals surface area contributed by atoms with Crippen molar-refractivity contribution < 1.29 is 0 Å². The van der Waals surface area contributed by atoms with Crippen molar-refractivity contribution in [3.63, 3.8) is 0 Å². The Hall–Kier alpha value is -0.830. The summed E-state index contributed by atoms with van der Waals surface area (Å²) >= 11 is 0. The third kappa shape index (κ3) is 1.25. The minimum absolute atomic E-state index is 0.983. The molecule has 0 aromatic carbocycles. The van der Waals surface area contributed by atoms with Gasteiger partial charge in [-0.15, -0.1) is 0 Å². The predicted octanol–water partition coefficient (Wildman–Crippen LogP) is 0.891. The normalized spacial score (nSPS) is 17.8. The van der Waals surface area contributed by atoms with Crippen molar-refractivity contribution in [1.82, 2.24) is 14.7 Å². The van der Waals surface area contributed by atoms with Crippen LogP contribution >= 0.6 is 0 Å². The van der Waals surface area contributed by atoms with Crippen molar-refractivity contribution >= 4 is 0 Å². The van der Waals surface area contributed by atoms with E-state index in [0.29, 0.717) is 0 Å². The first-order valence-electron chi connectivity index (χ1n) is 4.53. The van der Waals surface area contributed by atoms with Crippen LogP contribution in [0.2, 0.25) is 0 Å². The van der Waals surface area contributed by atoms with Crippen LogP contribution in [0.3, 0.4) is 0 Å². The maximum Gasteiger partial charge on any atom is 0.0797 e. The molecule has 0 radical (unpaired) electrons. The van der Waals surface area contributed by atoms with E-state index in [2.05, 4.69) is 30.2 Å². The zero-order chi connectivity index (χ0) is 8.55. The van der Waals surface area contributed by atoms with Crippen LogP contribution in [0.15, 0.2) is 6.20 Å². The number of hydrogen-bond donors (Lipinski definition) is 0. The van der Waals surface area contributed by atoms with Crippen molar-refractivity contribution in [1.29, 1.82) is 0 Å². The van der Waals surface area contributed by atoms with Crippen LogP contribution in [0.5, 0.6) is 0 Å². The van der Waals surface area contributed by atoms with E-state index in [4.69, 9.17) is 0 Å². The monoisotopic (exact) mass is 165 g/mol. The smallest absolute Gasteiger partial charge is 0.0797 e. The van der Waals surface area contributed by atoms with E-state index in [0.717, 1.165) is 19.5 Å². The molecule has 0 saturated carbocycles. The molecule has 1 aromatic rings. The fraction of sp³-hybridized carbons (Fsp3) is 0.667. The molecule has 0 atom stereocenters. The third-order valence-electron chi connectivity index (χ3n) is 2.43. The number of nitrogens with zero attached hydrogens (tertiary/aromatic N) is 3. The van der Waals surface area contributed by atoms with Gasteiger partial charge in [-0.2, -0.15) is 5.10 Å². The SMILES string of the molecule is CCn1cc2c(n1)CN(C)CC2. The highest BCUT2D eigenvalue weighted by Crippen LogP contribution is 2.15. The first-order valence-corrected chi connectivity index (χ1v) is 4.53. The molecule has 3 nitrogen and oxygen atoms in total. The van der Waals surface area contributed by atoms with Crippen LogP contribution in [0, 0.1) is 0 Å². The van der Waals surface area contributed by atoms with Gasteiger partial charge in [-0.1, -0.05) is 0 Å². The highest BCUT2D eigenvalue weighted by molar-refractivity contribution is 5.19. The molecule has 0 aliphatic carbocycles. The fourth-order valence-corrected chi connectivity index (χ4v) is 1.65. The molecule has 1 aromatic heterocycles. The first-order chi connectivity index (χ1) is 5.79. The van der Waals surface area contributed by atoms with Gasteiger partial charge < -0.3 is 4.90 Å². The molecule has 0 saturated heterocycles. The Balaban J connectivity index is 2.28. The standard InChI is InChI=1S/C9H15N3/c1-3-12-6-8-4-5-11(2)7-9(8)10-12/h6H,3-5,7H2,1-2H3. The molecule has 12 heavy (non-hydrogen) atoms.